The fraction of sp³-hybridized carbons (Fsp3) is 0.160. The van der Waals surface area contributed by atoms with Gasteiger partial charge in [-0.1, -0.05) is 53.5 Å². The number of para-hydroxylation sites is 2. The van der Waals surface area contributed by atoms with Crippen LogP contribution in [0.15, 0.2) is 77.7 Å². The largest absolute Gasteiger partial charge is 0.449 e. The average molecular weight is 546 g/mol. The third kappa shape index (κ3) is 6.55. The van der Waals surface area contributed by atoms with Crippen LogP contribution in [0.25, 0.3) is 0 Å². The van der Waals surface area contributed by atoms with Crippen LogP contribution in [-0.4, -0.2) is 32.9 Å². The van der Waals surface area contributed by atoms with E-state index in [1.165, 1.54) is 54.3 Å². The van der Waals surface area contributed by atoms with Gasteiger partial charge in [-0.3, -0.25) is 9.52 Å². The number of nitrogens with one attached hydrogen (secondary N) is 1. The van der Waals surface area contributed by atoms with Crippen LogP contribution >= 0.6 is 23.2 Å². The molecule has 1 atom stereocenters. The zero-order valence-electron chi connectivity index (χ0n) is 19.0. The number of ether oxygens (including phenoxy) is 1. The number of hydrogen-bond donors (Lipinski definition) is 1. The van der Waals surface area contributed by atoms with Crippen LogP contribution in [0, 0.1) is 11.3 Å². The van der Waals surface area contributed by atoms with Crippen molar-refractivity contribution in [2.24, 2.45) is 0 Å². The van der Waals surface area contributed by atoms with Gasteiger partial charge in [0.05, 0.1) is 28.8 Å². The molecule has 3 aromatic rings. The molecule has 0 saturated heterocycles. The number of hydrogen-bond acceptors (Lipinski definition) is 6. The molecule has 8 nitrogen and oxygen atoms in total. The minimum Gasteiger partial charge on any atom is -0.449 e. The van der Waals surface area contributed by atoms with E-state index in [2.05, 4.69) is 4.72 Å². The molecule has 0 fully saturated rings. The predicted octanol–water partition coefficient (Wildman–Crippen LogP) is 5.29. The number of esters is 1. The summed E-state index contributed by atoms with van der Waals surface area (Å²) in [4.78, 5) is 27.1. The highest BCUT2D eigenvalue weighted by atomic mass is 35.5. The van der Waals surface area contributed by atoms with Gasteiger partial charge in [0.2, 0.25) is 0 Å². The highest BCUT2D eigenvalue weighted by Crippen LogP contribution is 2.28. The molecule has 3 rings (SSSR count). The smallest absolute Gasteiger partial charge is 0.341 e. The molecule has 1 unspecified atom stereocenters. The second-order valence-electron chi connectivity index (χ2n) is 7.51. The lowest BCUT2D eigenvalue weighted by atomic mass is 10.2. The summed E-state index contributed by atoms with van der Waals surface area (Å²) >= 11 is 12.0. The second-order valence-corrected chi connectivity index (χ2v) is 10.0. The maximum Gasteiger partial charge on any atom is 0.341 e. The molecular weight excluding hydrogens is 525 g/mol. The Kier molecular flexibility index (Phi) is 8.93. The summed E-state index contributed by atoms with van der Waals surface area (Å²) in [5, 5.41) is 9.08. The normalized spacial score (nSPS) is 11.7. The SMILES string of the molecule is CC(OC(=O)c1ccccc1NS(=O)(=O)c1cc(Cl)ccc1Cl)C(=O)N(CCC#N)c1ccccc1. The van der Waals surface area contributed by atoms with Crippen LogP contribution in [0.1, 0.15) is 23.7 Å². The molecule has 0 saturated carbocycles. The van der Waals surface area contributed by atoms with Crippen molar-refractivity contribution in [2.45, 2.75) is 24.3 Å². The van der Waals surface area contributed by atoms with E-state index in [9.17, 15) is 18.0 Å². The standard InChI is InChI=1S/C25H21Cl2N3O5S/c1-17(24(31)30(15-7-14-28)19-8-3-2-4-9-19)35-25(32)20-10-5-6-11-22(20)29-36(33,34)23-16-18(26)12-13-21(23)27/h2-6,8-13,16-17,29H,7,15H2,1H3. The second kappa shape index (κ2) is 11.9. The van der Waals surface area contributed by atoms with Crippen LogP contribution in [0.4, 0.5) is 11.4 Å². The summed E-state index contributed by atoms with van der Waals surface area (Å²) in [6.07, 6.45) is -1.14. The Morgan fingerprint density at radius 2 is 1.72 bits per heavy atom. The molecule has 0 aliphatic heterocycles. The van der Waals surface area contributed by atoms with E-state index in [1.807, 2.05) is 6.07 Å². The first-order chi connectivity index (χ1) is 17.1. The van der Waals surface area contributed by atoms with Gasteiger partial charge >= 0.3 is 5.97 Å². The minimum absolute atomic E-state index is 0.0513. The number of carbonyl (C=O) groups is 2. The lowest BCUT2D eigenvalue weighted by molar-refractivity contribution is -0.126. The van der Waals surface area contributed by atoms with Crippen molar-refractivity contribution < 1.29 is 22.7 Å². The molecule has 186 valence electrons. The number of sulfonamides is 1. The number of amides is 1. The van der Waals surface area contributed by atoms with E-state index in [0.717, 1.165) is 0 Å². The van der Waals surface area contributed by atoms with E-state index in [0.29, 0.717) is 5.69 Å². The van der Waals surface area contributed by atoms with Gasteiger partial charge in [-0.25, -0.2) is 13.2 Å². The predicted molar refractivity (Wildman–Crippen MR) is 138 cm³/mol. The zero-order valence-corrected chi connectivity index (χ0v) is 21.3. The van der Waals surface area contributed by atoms with Gasteiger partial charge in [-0.2, -0.15) is 5.26 Å². The van der Waals surface area contributed by atoms with Crippen LogP contribution in [-0.2, 0) is 19.6 Å². The van der Waals surface area contributed by atoms with Gasteiger partial charge in [0.1, 0.15) is 4.90 Å². The number of rotatable bonds is 9. The van der Waals surface area contributed by atoms with E-state index in [-0.39, 0.29) is 39.2 Å². The van der Waals surface area contributed by atoms with Crippen LogP contribution in [0.2, 0.25) is 10.0 Å². The fourth-order valence-electron chi connectivity index (χ4n) is 3.26. The molecule has 1 N–H and O–H groups in total. The molecule has 11 heteroatoms. The Morgan fingerprint density at radius 3 is 2.42 bits per heavy atom. The Bertz CT molecular complexity index is 1410. The topological polar surface area (TPSA) is 117 Å². The first-order valence-corrected chi connectivity index (χ1v) is 12.9. The van der Waals surface area contributed by atoms with Gasteiger partial charge in [-0.15, -0.1) is 0 Å². The third-order valence-electron chi connectivity index (χ3n) is 4.99. The van der Waals surface area contributed by atoms with Crippen LogP contribution in [0.5, 0.6) is 0 Å². The van der Waals surface area contributed by atoms with Crippen molar-refractivity contribution in [3.8, 4) is 6.07 Å². The van der Waals surface area contributed by atoms with Crippen LogP contribution in [0.3, 0.4) is 0 Å². The fourth-order valence-corrected chi connectivity index (χ4v) is 5.11. The molecule has 0 aliphatic carbocycles. The average Bonchev–Trinajstić information content (AvgIpc) is 2.86. The van der Waals surface area contributed by atoms with Gasteiger partial charge in [-0.05, 0) is 49.4 Å². The lowest BCUT2D eigenvalue weighted by Gasteiger charge is -2.25. The number of nitriles is 1. The van der Waals surface area contributed by atoms with E-state index in [1.54, 1.807) is 30.3 Å². The minimum atomic E-state index is -4.21. The molecule has 0 bridgehead atoms. The lowest BCUT2D eigenvalue weighted by Crippen LogP contribution is -2.40. The quantitative estimate of drug-likeness (QED) is 0.365. The maximum absolute atomic E-state index is 13.1. The van der Waals surface area contributed by atoms with E-state index < -0.39 is 28.0 Å². The Morgan fingerprint density at radius 1 is 1.06 bits per heavy atom. The molecule has 0 heterocycles. The number of anilines is 2. The summed E-state index contributed by atoms with van der Waals surface area (Å²) in [7, 11) is -4.21. The highest BCUT2D eigenvalue weighted by Gasteiger charge is 2.27. The van der Waals surface area contributed by atoms with Gasteiger partial charge in [0.25, 0.3) is 15.9 Å². The Hall–Kier alpha value is -3.58. The summed E-state index contributed by atoms with van der Waals surface area (Å²) < 4.78 is 33.6. The van der Waals surface area contributed by atoms with Gasteiger partial charge < -0.3 is 9.64 Å². The number of nitrogens with zero attached hydrogens (tertiary/aromatic N) is 2. The summed E-state index contributed by atoms with van der Waals surface area (Å²) in [5.74, 6) is -1.45. The molecular formula is C25H21Cl2N3O5S. The van der Waals surface area contributed by atoms with Crippen molar-refractivity contribution in [2.75, 3.05) is 16.2 Å². The van der Waals surface area contributed by atoms with E-state index in [4.69, 9.17) is 33.2 Å². The first-order valence-electron chi connectivity index (χ1n) is 10.7. The molecule has 0 aromatic heterocycles. The van der Waals surface area contributed by atoms with Crippen molar-refractivity contribution >= 4 is 56.5 Å². The Labute approximate surface area is 219 Å². The number of benzene rings is 3. The summed E-state index contributed by atoms with van der Waals surface area (Å²) in [6, 6.07) is 20.4. The Balaban J connectivity index is 1.82. The highest BCUT2D eigenvalue weighted by molar-refractivity contribution is 7.92. The van der Waals surface area contributed by atoms with Crippen molar-refractivity contribution in [1.82, 2.24) is 0 Å². The number of halogens is 2. The molecule has 0 aliphatic rings. The summed E-state index contributed by atoms with van der Waals surface area (Å²) in [5.41, 5.74) is 0.372. The molecule has 3 aromatic carbocycles. The molecule has 0 spiro atoms. The zero-order chi connectivity index (χ0) is 26.3. The van der Waals surface area contributed by atoms with Gasteiger partial charge in [0, 0.05) is 17.3 Å². The van der Waals surface area contributed by atoms with Gasteiger partial charge in [0.15, 0.2) is 6.10 Å². The van der Waals surface area contributed by atoms with Crippen LogP contribution < -0.4 is 9.62 Å². The monoisotopic (exact) mass is 545 g/mol. The molecule has 36 heavy (non-hydrogen) atoms. The van der Waals surface area contributed by atoms with Crippen molar-refractivity contribution in [3.05, 3.63) is 88.4 Å². The van der Waals surface area contributed by atoms with Crippen molar-refractivity contribution in [3.63, 3.8) is 0 Å². The van der Waals surface area contributed by atoms with Crippen molar-refractivity contribution in [1.29, 1.82) is 5.26 Å². The summed E-state index contributed by atoms with van der Waals surface area (Å²) in [6.45, 7) is 1.51. The molecule has 1 amide bonds. The number of carbonyl (C=O) groups excluding carboxylic acids is 2. The molecule has 0 radical (unpaired) electrons. The first kappa shape index (κ1) is 27.0. The maximum atomic E-state index is 13.1. The third-order valence-corrected chi connectivity index (χ3v) is 7.07. The van der Waals surface area contributed by atoms with E-state index >= 15 is 0 Å².